The molecule has 1 aromatic heterocycles. The van der Waals surface area contributed by atoms with E-state index in [-0.39, 0.29) is 30.8 Å². The SMILES string of the molecule is CC(C(=O)c1ccc2c(c1)N(C)C(=O)CO2)N1C(=O)COc2ccc(-c3cscn3)cc21. The number of fused-ring (bicyclic) bond motifs is 2. The van der Waals surface area contributed by atoms with Gasteiger partial charge in [-0.25, -0.2) is 4.98 Å². The number of Topliss-reactive ketones (excluding diaryl/α,β-unsaturated/α-hetero) is 1. The van der Waals surface area contributed by atoms with Gasteiger partial charge in [0.25, 0.3) is 11.8 Å². The molecule has 0 spiro atoms. The number of amides is 2. The highest BCUT2D eigenvalue weighted by molar-refractivity contribution is 7.07. The highest BCUT2D eigenvalue weighted by atomic mass is 32.1. The van der Waals surface area contributed by atoms with E-state index in [1.807, 2.05) is 17.5 Å². The predicted molar refractivity (Wildman–Crippen MR) is 120 cm³/mol. The molecule has 0 saturated carbocycles. The monoisotopic (exact) mass is 449 g/mol. The molecule has 9 heteroatoms. The van der Waals surface area contributed by atoms with Crippen LogP contribution in [0, 0.1) is 0 Å². The van der Waals surface area contributed by atoms with Gasteiger partial charge in [-0.2, -0.15) is 0 Å². The largest absolute Gasteiger partial charge is 0.482 e. The highest BCUT2D eigenvalue weighted by Crippen LogP contribution is 2.38. The molecule has 0 bridgehead atoms. The van der Waals surface area contributed by atoms with E-state index in [0.29, 0.717) is 28.4 Å². The molecule has 1 atom stereocenters. The smallest absolute Gasteiger partial charge is 0.265 e. The topological polar surface area (TPSA) is 89.0 Å². The first-order valence-corrected chi connectivity index (χ1v) is 10.9. The van der Waals surface area contributed by atoms with E-state index < -0.39 is 6.04 Å². The maximum atomic E-state index is 13.4. The van der Waals surface area contributed by atoms with E-state index >= 15 is 0 Å². The van der Waals surface area contributed by atoms with E-state index in [1.165, 1.54) is 21.1 Å². The zero-order valence-electron chi connectivity index (χ0n) is 17.4. The average molecular weight is 449 g/mol. The van der Waals surface area contributed by atoms with Crippen molar-refractivity contribution in [2.75, 3.05) is 30.1 Å². The molecule has 32 heavy (non-hydrogen) atoms. The van der Waals surface area contributed by atoms with Crippen molar-refractivity contribution in [3.05, 3.63) is 52.9 Å². The van der Waals surface area contributed by atoms with Crippen LogP contribution in [0.3, 0.4) is 0 Å². The number of benzene rings is 2. The molecule has 2 aliphatic heterocycles. The third-order valence-electron chi connectivity index (χ3n) is 5.66. The van der Waals surface area contributed by atoms with E-state index in [9.17, 15) is 14.4 Å². The summed E-state index contributed by atoms with van der Waals surface area (Å²) in [6.45, 7) is 1.51. The van der Waals surface area contributed by atoms with Crippen molar-refractivity contribution in [3.63, 3.8) is 0 Å². The molecule has 0 N–H and O–H groups in total. The van der Waals surface area contributed by atoms with Crippen LogP contribution in [0.2, 0.25) is 0 Å². The fourth-order valence-corrected chi connectivity index (χ4v) is 4.46. The molecule has 8 nitrogen and oxygen atoms in total. The molecule has 3 heterocycles. The van der Waals surface area contributed by atoms with E-state index in [0.717, 1.165) is 11.3 Å². The van der Waals surface area contributed by atoms with Crippen LogP contribution in [-0.2, 0) is 9.59 Å². The molecule has 162 valence electrons. The summed E-state index contributed by atoms with van der Waals surface area (Å²) in [6, 6.07) is 9.66. The Morgan fingerprint density at radius 1 is 1.03 bits per heavy atom. The Hall–Kier alpha value is -3.72. The fourth-order valence-electron chi connectivity index (χ4n) is 3.89. The molecule has 1 unspecified atom stereocenters. The normalized spacial score (nSPS) is 16.1. The molecule has 5 rings (SSSR count). The van der Waals surface area contributed by atoms with Crippen LogP contribution < -0.4 is 19.3 Å². The number of hydrogen-bond donors (Lipinski definition) is 0. The summed E-state index contributed by atoms with van der Waals surface area (Å²) in [5.41, 5.74) is 4.80. The maximum Gasteiger partial charge on any atom is 0.265 e. The number of anilines is 2. The quantitative estimate of drug-likeness (QED) is 0.569. The molecule has 3 aromatic rings. The van der Waals surface area contributed by atoms with Crippen LogP contribution in [0.4, 0.5) is 11.4 Å². The van der Waals surface area contributed by atoms with Crippen LogP contribution in [0.1, 0.15) is 17.3 Å². The van der Waals surface area contributed by atoms with Crippen molar-refractivity contribution in [2.24, 2.45) is 0 Å². The van der Waals surface area contributed by atoms with Crippen molar-refractivity contribution in [3.8, 4) is 22.8 Å². The summed E-state index contributed by atoms with van der Waals surface area (Å²) in [6.07, 6.45) is 0. The minimum atomic E-state index is -0.778. The molecule has 2 amide bonds. The van der Waals surface area contributed by atoms with Gasteiger partial charge in [0.05, 0.1) is 28.6 Å². The third kappa shape index (κ3) is 3.31. The van der Waals surface area contributed by atoms with Gasteiger partial charge >= 0.3 is 0 Å². The molecule has 0 saturated heterocycles. The summed E-state index contributed by atoms with van der Waals surface area (Å²) in [7, 11) is 1.64. The Labute approximate surface area is 188 Å². The van der Waals surface area contributed by atoms with Gasteiger partial charge in [-0.1, -0.05) is 0 Å². The maximum absolute atomic E-state index is 13.4. The molecule has 0 aliphatic carbocycles. The average Bonchev–Trinajstić information content (AvgIpc) is 3.35. The number of carbonyl (C=O) groups is 3. The lowest BCUT2D eigenvalue weighted by Gasteiger charge is -2.34. The number of carbonyl (C=O) groups excluding carboxylic acids is 3. The van der Waals surface area contributed by atoms with Crippen molar-refractivity contribution in [2.45, 2.75) is 13.0 Å². The van der Waals surface area contributed by atoms with Gasteiger partial charge in [-0.15, -0.1) is 11.3 Å². The number of nitrogens with zero attached hydrogens (tertiary/aromatic N) is 3. The van der Waals surface area contributed by atoms with Gasteiger partial charge in [0.15, 0.2) is 19.0 Å². The minimum absolute atomic E-state index is 0.0341. The molecule has 2 aromatic carbocycles. The third-order valence-corrected chi connectivity index (χ3v) is 6.25. The van der Waals surface area contributed by atoms with Gasteiger partial charge in [0.1, 0.15) is 11.5 Å². The second-order valence-electron chi connectivity index (χ2n) is 7.57. The first kappa shape index (κ1) is 20.2. The highest BCUT2D eigenvalue weighted by Gasteiger charge is 2.34. The van der Waals surface area contributed by atoms with Crippen molar-refractivity contribution in [1.82, 2.24) is 4.98 Å². The summed E-state index contributed by atoms with van der Waals surface area (Å²) < 4.78 is 11.0. The van der Waals surface area contributed by atoms with Crippen LogP contribution in [0.25, 0.3) is 11.3 Å². The zero-order valence-corrected chi connectivity index (χ0v) is 18.2. The zero-order chi connectivity index (χ0) is 22.4. The number of rotatable bonds is 4. The minimum Gasteiger partial charge on any atom is -0.482 e. The van der Waals surface area contributed by atoms with Crippen LogP contribution in [0.5, 0.6) is 11.5 Å². The van der Waals surface area contributed by atoms with E-state index in [1.54, 1.807) is 43.7 Å². The van der Waals surface area contributed by atoms with Gasteiger partial charge < -0.3 is 14.4 Å². The lowest BCUT2D eigenvalue weighted by atomic mass is 10.0. The number of thiazole rings is 1. The molecular weight excluding hydrogens is 430 g/mol. The van der Waals surface area contributed by atoms with E-state index in [2.05, 4.69) is 4.98 Å². The van der Waals surface area contributed by atoms with Gasteiger partial charge in [-0.3, -0.25) is 19.3 Å². The van der Waals surface area contributed by atoms with Crippen molar-refractivity contribution >= 4 is 40.3 Å². The Kier molecular flexibility index (Phi) is 4.90. The Morgan fingerprint density at radius 3 is 2.50 bits per heavy atom. The second kappa shape index (κ2) is 7.76. The van der Waals surface area contributed by atoms with Crippen LogP contribution in [-0.4, -0.2) is 48.9 Å². The Balaban J connectivity index is 1.50. The number of ether oxygens (including phenoxy) is 2. The van der Waals surface area contributed by atoms with Crippen LogP contribution >= 0.6 is 11.3 Å². The molecule has 0 radical (unpaired) electrons. The van der Waals surface area contributed by atoms with Gasteiger partial charge in [-0.05, 0) is 43.3 Å². The number of aromatic nitrogens is 1. The fraction of sp³-hybridized carbons (Fsp3) is 0.217. The number of ketones is 1. The van der Waals surface area contributed by atoms with Gasteiger partial charge in [0, 0.05) is 23.6 Å². The van der Waals surface area contributed by atoms with Gasteiger partial charge in [0.2, 0.25) is 0 Å². The summed E-state index contributed by atoms with van der Waals surface area (Å²) in [4.78, 5) is 45.5. The number of hydrogen-bond acceptors (Lipinski definition) is 7. The first-order chi connectivity index (χ1) is 15.4. The van der Waals surface area contributed by atoms with E-state index in [4.69, 9.17) is 9.47 Å². The molecule has 2 aliphatic rings. The Bertz CT molecular complexity index is 1240. The predicted octanol–water partition coefficient (Wildman–Crippen LogP) is 3.16. The van der Waals surface area contributed by atoms with Crippen molar-refractivity contribution < 1.29 is 23.9 Å². The Morgan fingerprint density at radius 2 is 1.75 bits per heavy atom. The van der Waals surface area contributed by atoms with Crippen molar-refractivity contribution in [1.29, 1.82) is 0 Å². The summed E-state index contributed by atoms with van der Waals surface area (Å²) in [5.74, 6) is 0.327. The molecular formula is C23H19N3O5S. The standard InChI is InChI=1S/C23H19N3O5S/c1-13(23(29)15-4-6-19-17(8-15)25(2)21(27)9-30-19)26-18-7-14(16-11-32-12-24-16)3-5-20(18)31-10-22(26)28/h3-8,11-13H,9-10H2,1-2H3. The summed E-state index contributed by atoms with van der Waals surface area (Å²) in [5, 5.41) is 1.92. The first-order valence-electron chi connectivity index (χ1n) is 9.99. The lowest BCUT2D eigenvalue weighted by molar-refractivity contribution is -0.122. The lowest BCUT2D eigenvalue weighted by Crippen LogP contribution is -2.48. The second-order valence-corrected chi connectivity index (χ2v) is 8.29. The summed E-state index contributed by atoms with van der Waals surface area (Å²) >= 11 is 1.48. The number of likely N-dealkylation sites (N-methyl/N-ethyl adjacent to an activating group) is 1. The molecule has 0 fully saturated rings. The van der Waals surface area contributed by atoms with Crippen LogP contribution in [0.15, 0.2) is 47.3 Å².